The summed E-state index contributed by atoms with van der Waals surface area (Å²) in [5.74, 6) is 6.24. The van der Waals surface area contributed by atoms with E-state index in [-0.39, 0.29) is 5.91 Å². The number of hydrogen-bond donors (Lipinski definition) is 3. The molecule has 4 N–H and O–H groups in total. The number of nitrogens with one attached hydrogen (secondary N) is 2. The van der Waals surface area contributed by atoms with Crippen molar-refractivity contribution in [2.45, 2.75) is 6.54 Å². The maximum absolute atomic E-state index is 12.0. The Morgan fingerprint density at radius 2 is 2.15 bits per heavy atom. The molecule has 20 heavy (non-hydrogen) atoms. The molecule has 0 radical (unpaired) electrons. The molecule has 0 unspecified atom stereocenters. The maximum atomic E-state index is 12.0. The minimum atomic E-state index is -0.199. The van der Waals surface area contributed by atoms with E-state index in [0.717, 1.165) is 11.3 Å². The molecule has 6 nitrogen and oxygen atoms in total. The van der Waals surface area contributed by atoms with Crippen LogP contribution in [0.25, 0.3) is 0 Å². The molecule has 6 heteroatoms. The van der Waals surface area contributed by atoms with Crippen LogP contribution in [0, 0.1) is 0 Å². The van der Waals surface area contributed by atoms with Crippen LogP contribution in [0.5, 0.6) is 5.75 Å². The number of aromatic nitrogens is 1. The molecule has 104 valence electrons. The first-order valence-corrected chi connectivity index (χ1v) is 6.07. The van der Waals surface area contributed by atoms with Gasteiger partial charge in [-0.05, 0) is 18.2 Å². The number of benzene rings is 1. The number of para-hydroxylation sites is 1. The summed E-state index contributed by atoms with van der Waals surface area (Å²) in [7, 11) is 1.60. The summed E-state index contributed by atoms with van der Waals surface area (Å²) in [4.78, 5) is 16.0. The molecule has 0 atom stereocenters. The van der Waals surface area contributed by atoms with E-state index in [4.69, 9.17) is 10.6 Å². The second-order valence-corrected chi connectivity index (χ2v) is 4.07. The maximum Gasteiger partial charge on any atom is 0.251 e. The second-order valence-electron chi connectivity index (χ2n) is 4.07. The van der Waals surface area contributed by atoms with Gasteiger partial charge in [-0.3, -0.25) is 4.79 Å². The Bertz CT molecular complexity index is 601. The Morgan fingerprint density at radius 1 is 1.35 bits per heavy atom. The van der Waals surface area contributed by atoms with Crippen molar-refractivity contribution in [1.82, 2.24) is 10.3 Å². The van der Waals surface area contributed by atoms with E-state index in [1.54, 1.807) is 19.2 Å². The van der Waals surface area contributed by atoms with Gasteiger partial charge in [0.25, 0.3) is 5.91 Å². The third kappa shape index (κ3) is 3.24. The van der Waals surface area contributed by atoms with Crippen molar-refractivity contribution < 1.29 is 9.53 Å². The zero-order chi connectivity index (χ0) is 14.4. The van der Waals surface area contributed by atoms with Crippen molar-refractivity contribution in [3.05, 3.63) is 53.7 Å². The van der Waals surface area contributed by atoms with Crippen LogP contribution in [0.15, 0.2) is 42.6 Å². The molecule has 1 aromatic heterocycles. The van der Waals surface area contributed by atoms with Gasteiger partial charge in [0.05, 0.1) is 7.11 Å². The van der Waals surface area contributed by atoms with Gasteiger partial charge in [0.15, 0.2) is 0 Å². The van der Waals surface area contributed by atoms with Crippen LogP contribution in [0.1, 0.15) is 15.9 Å². The predicted molar refractivity (Wildman–Crippen MR) is 76.2 cm³/mol. The number of nitrogens with zero attached hydrogens (tertiary/aromatic N) is 1. The van der Waals surface area contributed by atoms with E-state index in [0.29, 0.717) is 17.9 Å². The Kier molecular flexibility index (Phi) is 4.52. The average Bonchev–Trinajstić information content (AvgIpc) is 2.52. The zero-order valence-electron chi connectivity index (χ0n) is 11.1. The van der Waals surface area contributed by atoms with Gasteiger partial charge in [0, 0.05) is 23.9 Å². The summed E-state index contributed by atoms with van der Waals surface area (Å²) < 4.78 is 5.23. The smallest absolute Gasteiger partial charge is 0.251 e. The molecule has 1 heterocycles. The van der Waals surface area contributed by atoms with Crippen molar-refractivity contribution >= 4 is 11.7 Å². The van der Waals surface area contributed by atoms with Gasteiger partial charge in [0.2, 0.25) is 0 Å². The second kappa shape index (κ2) is 6.53. The molecule has 0 saturated carbocycles. The molecule has 0 bridgehead atoms. The van der Waals surface area contributed by atoms with Crippen molar-refractivity contribution in [3.63, 3.8) is 0 Å². The van der Waals surface area contributed by atoms with Crippen molar-refractivity contribution in [3.8, 4) is 5.75 Å². The SMILES string of the molecule is COc1ccccc1CNC(=O)c1ccnc(NN)c1. The molecular weight excluding hydrogens is 256 g/mol. The van der Waals surface area contributed by atoms with Crippen LogP contribution in [0.3, 0.4) is 0 Å². The minimum Gasteiger partial charge on any atom is -0.496 e. The Morgan fingerprint density at radius 3 is 2.90 bits per heavy atom. The quantitative estimate of drug-likeness (QED) is 0.564. The number of hydrazine groups is 1. The van der Waals surface area contributed by atoms with Crippen LogP contribution in [0.2, 0.25) is 0 Å². The number of carbonyl (C=O) groups is 1. The fourth-order valence-corrected chi connectivity index (χ4v) is 1.78. The van der Waals surface area contributed by atoms with E-state index in [2.05, 4.69) is 15.7 Å². The highest BCUT2D eigenvalue weighted by atomic mass is 16.5. The Balaban J connectivity index is 2.04. The van der Waals surface area contributed by atoms with Crippen LogP contribution >= 0.6 is 0 Å². The molecule has 0 saturated heterocycles. The van der Waals surface area contributed by atoms with E-state index in [9.17, 15) is 4.79 Å². The number of methoxy groups -OCH3 is 1. The fraction of sp³-hybridized carbons (Fsp3) is 0.143. The highest BCUT2D eigenvalue weighted by Crippen LogP contribution is 2.17. The Hall–Kier alpha value is -2.60. The fourth-order valence-electron chi connectivity index (χ4n) is 1.78. The molecule has 0 spiro atoms. The summed E-state index contributed by atoms with van der Waals surface area (Å²) in [6.45, 7) is 0.385. The molecule has 0 aliphatic heterocycles. The number of carbonyl (C=O) groups excluding carboxylic acids is 1. The summed E-state index contributed by atoms with van der Waals surface area (Å²) in [6, 6.07) is 10.7. The third-order valence-corrected chi connectivity index (χ3v) is 2.80. The third-order valence-electron chi connectivity index (χ3n) is 2.80. The number of rotatable bonds is 5. The van der Waals surface area contributed by atoms with Gasteiger partial charge >= 0.3 is 0 Å². The number of ether oxygens (including phenoxy) is 1. The van der Waals surface area contributed by atoms with Gasteiger partial charge in [-0.2, -0.15) is 0 Å². The number of hydrogen-bond acceptors (Lipinski definition) is 5. The standard InChI is InChI=1S/C14H16N4O2/c1-20-12-5-3-2-4-11(12)9-17-14(19)10-6-7-16-13(8-10)18-15/h2-8H,9,15H2,1H3,(H,16,18)(H,17,19). The molecular formula is C14H16N4O2. The lowest BCUT2D eigenvalue weighted by atomic mass is 10.2. The van der Waals surface area contributed by atoms with Gasteiger partial charge in [0.1, 0.15) is 11.6 Å². The van der Waals surface area contributed by atoms with Gasteiger partial charge < -0.3 is 15.5 Å². The van der Waals surface area contributed by atoms with Crippen molar-refractivity contribution in [1.29, 1.82) is 0 Å². The summed E-state index contributed by atoms with van der Waals surface area (Å²) >= 11 is 0. The number of nitrogen functional groups attached to an aromatic ring is 1. The van der Waals surface area contributed by atoms with Gasteiger partial charge in [-0.25, -0.2) is 10.8 Å². The van der Waals surface area contributed by atoms with E-state index < -0.39 is 0 Å². The van der Waals surface area contributed by atoms with Crippen LogP contribution in [-0.4, -0.2) is 18.0 Å². The molecule has 1 amide bonds. The van der Waals surface area contributed by atoms with Crippen molar-refractivity contribution in [2.24, 2.45) is 5.84 Å². The van der Waals surface area contributed by atoms with Crippen LogP contribution < -0.4 is 21.3 Å². The Labute approximate surface area is 116 Å². The summed E-state index contributed by atoms with van der Waals surface area (Å²) in [6.07, 6.45) is 1.52. The van der Waals surface area contributed by atoms with Crippen LogP contribution in [-0.2, 0) is 6.54 Å². The first kappa shape index (κ1) is 13.8. The lowest BCUT2D eigenvalue weighted by Gasteiger charge is -2.10. The molecule has 2 aromatic rings. The van der Waals surface area contributed by atoms with E-state index >= 15 is 0 Å². The lowest BCUT2D eigenvalue weighted by Crippen LogP contribution is -2.23. The largest absolute Gasteiger partial charge is 0.496 e. The number of anilines is 1. The monoisotopic (exact) mass is 272 g/mol. The molecule has 2 rings (SSSR count). The first-order valence-electron chi connectivity index (χ1n) is 6.07. The topological polar surface area (TPSA) is 89.3 Å². The predicted octanol–water partition coefficient (Wildman–Crippen LogP) is 1.31. The van der Waals surface area contributed by atoms with Crippen molar-refractivity contribution in [2.75, 3.05) is 12.5 Å². The lowest BCUT2D eigenvalue weighted by molar-refractivity contribution is 0.0950. The number of nitrogens with two attached hydrogens (primary N) is 1. The highest BCUT2D eigenvalue weighted by molar-refractivity contribution is 5.94. The average molecular weight is 272 g/mol. The van der Waals surface area contributed by atoms with E-state index in [1.165, 1.54) is 6.20 Å². The normalized spacial score (nSPS) is 9.90. The summed E-state index contributed by atoms with van der Waals surface area (Å²) in [5.41, 5.74) is 3.80. The summed E-state index contributed by atoms with van der Waals surface area (Å²) in [5, 5.41) is 2.83. The number of pyridine rings is 1. The molecule has 0 aliphatic rings. The zero-order valence-corrected chi connectivity index (χ0v) is 11.1. The van der Waals surface area contributed by atoms with Gasteiger partial charge in [-0.1, -0.05) is 18.2 Å². The molecule has 0 fully saturated rings. The van der Waals surface area contributed by atoms with Crippen LogP contribution in [0.4, 0.5) is 5.82 Å². The first-order chi connectivity index (χ1) is 9.74. The highest BCUT2D eigenvalue weighted by Gasteiger charge is 2.08. The minimum absolute atomic E-state index is 0.199. The van der Waals surface area contributed by atoms with Gasteiger partial charge in [-0.15, -0.1) is 0 Å². The van der Waals surface area contributed by atoms with E-state index in [1.807, 2.05) is 24.3 Å². The molecule has 0 aliphatic carbocycles. The number of amides is 1. The molecule has 1 aromatic carbocycles.